The van der Waals surface area contributed by atoms with Gasteiger partial charge >= 0.3 is 0 Å². The molecule has 0 saturated heterocycles. The zero-order valence-electron chi connectivity index (χ0n) is 23.9. The molecule has 2 aromatic carbocycles. The van der Waals surface area contributed by atoms with Gasteiger partial charge in [0.1, 0.15) is 0 Å². The molecular formula is C37H46. The molecule has 194 valence electrons. The predicted octanol–water partition coefficient (Wildman–Crippen LogP) is 10.4. The maximum absolute atomic E-state index is 4.60. The van der Waals surface area contributed by atoms with E-state index < -0.39 is 0 Å². The topological polar surface area (TPSA) is 0 Å². The lowest BCUT2D eigenvalue weighted by molar-refractivity contribution is 0.310. The number of hydrogen-bond acceptors (Lipinski definition) is 0. The molecule has 0 amide bonds. The fourth-order valence-electron chi connectivity index (χ4n) is 7.29. The molecule has 0 radical (unpaired) electrons. The third-order valence-corrected chi connectivity index (χ3v) is 9.30. The van der Waals surface area contributed by atoms with Crippen molar-refractivity contribution in [3.8, 4) is 11.1 Å². The smallest absolute Gasteiger partial charge is 0.00830 e. The highest BCUT2D eigenvalue weighted by atomic mass is 14.4. The highest BCUT2D eigenvalue weighted by Gasteiger charge is 2.33. The summed E-state index contributed by atoms with van der Waals surface area (Å²) in [5, 5.41) is 0. The average molecular weight is 491 g/mol. The fourth-order valence-corrected chi connectivity index (χ4v) is 7.29. The van der Waals surface area contributed by atoms with E-state index in [0.717, 1.165) is 18.8 Å². The maximum atomic E-state index is 4.60. The minimum atomic E-state index is 0.185. The minimum absolute atomic E-state index is 0.185. The van der Waals surface area contributed by atoms with E-state index in [1.54, 1.807) is 5.56 Å². The molecule has 3 aliphatic rings. The summed E-state index contributed by atoms with van der Waals surface area (Å²) in [5.41, 5.74) is 14.6. The van der Waals surface area contributed by atoms with Crippen LogP contribution in [0.1, 0.15) is 87.1 Å². The molecule has 0 aliphatic heterocycles. The van der Waals surface area contributed by atoms with Crippen LogP contribution in [-0.4, -0.2) is 0 Å². The molecule has 5 rings (SSSR count). The molecule has 0 nitrogen and oxygen atoms in total. The Balaban J connectivity index is 1.43. The summed E-state index contributed by atoms with van der Waals surface area (Å²) >= 11 is 0. The Labute approximate surface area is 226 Å². The molecule has 1 saturated carbocycles. The zero-order chi connectivity index (χ0) is 26.3. The largest absolute Gasteiger partial charge is 0.0986 e. The van der Waals surface area contributed by atoms with Gasteiger partial charge in [0, 0.05) is 11.8 Å². The first kappa shape index (κ1) is 26.0. The van der Waals surface area contributed by atoms with Gasteiger partial charge in [0.25, 0.3) is 0 Å². The standard InChI is InChI=1S/C37H46/c1-24-18-26(3)33(21-28-12-9-8-10-13-28)35(19-24)31-15-11-14-30-20-29(23-34(30)31)22-32-25(2)16-17-36(27(32)4)37(5,6)7/h11,14-20,28,32,36H,2,4,8-10,12-13,21-23H2,1,3,5-7H3. The second kappa shape index (κ2) is 10.3. The van der Waals surface area contributed by atoms with Gasteiger partial charge in [-0.2, -0.15) is 0 Å². The van der Waals surface area contributed by atoms with Crippen LogP contribution in [0.5, 0.6) is 0 Å². The number of hydrogen-bond donors (Lipinski definition) is 0. The molecule has 1 fully saturated rings. The van der Waals surface area contributed by atoms with E-state index in [9.17, 15) is 0 Å². The number of fused-ring (bicyclic) bond motifs is 1. The average Bonchev–Trinajstić information content (AvgIpc) is 3.26. The van der Waals surface area contributed by atoms with Crippen molar-refractivity contribution >= 4 is 6.08 Å². The molecule has 0 heteroatoms. The monoisotopic (exact) mass is 490 g/mol. The summed E-state index contributed by atoms with van der Waals surface area (Å²) in [6.07, 6.45) is 17.4. The lowest BCUT2D eigenvalue weighted by atomic mass is 9.67. The molecule has 37 heavy (non-hydrogen) atoms. The lowest BCUT2D eigenvalue weighted by Gasteiger charge is -2.37. The third kappa shape index (κ3) is 5.36. The Bertz CT molecular complexity index is 1270. The van der Waals surface area contributed by atoms with Gasteiger partial charge < -0.3 is 0 Å². The van der Waals surface area contributed by atoms with Crippen molar-refractivity contribution in [1.82, 2.24) is 0 Å². The molecule has 3 aliphatic carbocycles. The molecule has 2 aromatic rings. The van der Waals surface area contributed by atoms with Gasteiger partial charge in [-0.3, -0.25) is 0 Å². The van der Waals surface area contributed by atoms with Crippen LogP contribution in [-0.2, 0) is 12.8 Å². The van der Waals surface area contributed by atoms with Crippen molar-refractivity contribution in [2.75, 3.05) is 0 Å². The van der Waals surface area contributed by atoms with E-state index >= 15 is 0 Å². The highest BCUT2D eigenvalue weighted by Crippen LogP contribution is 2.46. The van der Waals surface area contributed by atoms with Gasteiger partial charge in [-0.15, -0.1) is 0 Å². The molecular weight excluding hydrogens is 444 g/mol. The fraction of sp³-hybridized carbons (Fsp3) is 0.459. The number of benzene rings is 2. The van der Waals surface area contributed by atoms with Crippen molar-refractivity contribution in [2.24, 2.45) is 23.2 Å². The van der Waals surface area contributed by atoms with Gasteiger partial charge in [0.15, 0.2) is 0 Å². The predicted molar refractivity (Wildman–Crippen MR) is 162 cm³/mol. The molecule has 0 N–H and O–H groups in total. The van der Waals surface area contributed by atoms with Gasteiger partial charge in [-0.25, -0.2) is 0 Å². The lowest BCUT2D eigenvalue weighted by Crippen LogP contribution is -2.27. The van der Waals surface area contributed by atoms with E-state index in [1.807, 2.05) is 0 Å². The first-order valence-corrected chi connectivity index (χ1v) is 14.6. The number of allylic oxidation sites excluding steroid dienone is 5. The summed E-state index contributed by atoms with van der Waals surface area (Å²) in [7, 11) is 0. The SMILES string of the molecule is C=C1C=CC(C(C)(C)C)C(=C)C1CC1=Cc2cccc(-c3cc(C)cc(C)c3CC3CCCCC3)c2C1. The van der Waals surface area contributed by atoms with Crippen LogP contribution in [0.4, 0.5) is 0 Å². The Morgan fingerprint density at radius 2 is 1.68 bits per heavy atom. The maximum Gasteiger partial charge on any atom is 0.00830 e. The van der Waals surface area contributed by atoms with Crippen LogP contribution in [0.2, 0.25) is 0 Å². The van der Waals surface area contributed by atoms with Crippen molar-refractivity contribution in [1.29, 1.82) is 0 Å². The second-order valence-electron chi connectivity index (χ2n) is 13.3. The van der Waals surface area contributed by atoms with E-state index in [-0.39, 0.29) is 5.41 Å². The van der Waals surface area contributed by atoms with Gasteiger partial charge in [0.2, 0.25) is 0 Å². The third-order valence-electron chi connectivity index (χ3n) is 9.30. The minimum Gasteiger partial charge on any atom is -0.0986 e. The summed E-state index contributed by atoms with van der Waals surface area (Å²) in [5.74, 6) is 1.58. The van der Waals surface area contributed by atoms with E-state index in [1.165, 1.54) is 88.6 Å². The van der Waals surface area contributed by atoms with Crippen LogP contribution < -0.4 is 0 Å². The van der Waals surface area contributed by atoms with Gasteiger partial charge in [-0.1, -0.05) is 131 Å². The molecule has 0 spiro atoms. The Morgan fingerprint density at radius 1 is 0.919 bits per heavy atom. The van der Waals surface area contributed by atoms with Crippen molar-refractivity contribution in [3.05, 3.63) is 100 Å². The zero-order valence-corrected chi connectivity index (χ0v) is 23.9. The highest BCUT2D eigenvalue weighted by molar-refractivity contribution is 5.80. The summed E-state index contributed by atoms with van der Waals surface area (Å²) in [6, 6.07) is 11.8. The Hall–Kier alpha value is -2.60. The van der Waals surface area contributed by atoms with Gasteiger partial charge in [0.05, 0.1) is 0 Å². The molecule has 0 aromatic heterocycles. The number of aryl methyl sites for hydroxylation is 2. The number of rotatable bonds is 5. The quantitative estimate of drug-likeness (QED) is 0.366. The first-order chi connectivity index (χ1) is 17.6. The summed E-state index contributed by atoms with van der Waals surface area (Å²) in [6.45, 7) is 20.6. The van der Waals surface area contributed by atoms with Crippen LogP contribution in [0, 0.1) is 37.0 Å². The van der Waals surface area contributed by atoms with E-state index in [4.69, 9.17) is 0 Å². The molecule has 0 bridgehead atoms. The Kier molecular flexibility index (Phi) is 7.23. The molecule has 2 unspecified atom stereocenters. The molecule has 2 atom stereocenters. The van der Waals surface area contributed by atoms with Crippen molar-refractivity contribution in [2.45, 2.75) is 86.0 Å². The summed E-state index contributed by atoms with van der Waals surface area (Å²) < 4.78 is 0. The van der Waals surface area contributed by atoms with Crippen LogP contribution >= 0.6 is 0 Å². The normalized spacial score (nSPS) is 22.4. The van der Waals surface area contributed by atoms with Crippen molar-refractivity contribution < 1.29 is 0 Å². The van der Waals surface area contributed by atoms with Crippen LogP contribution in [0.25, 0.3) is 17.2 Å². The van der Waals surface area contributed by atoms with E-state index in [2.05, 4.69) is 96.3 Å². The van der Waals surface area contributed by atoms with Gasteiger partial charge in [-0.05, 0) is 83.4 Å². The summed E-state index contributed by atoms with van der Waals surface area (Å²) in [4.78, 5) is 0. The second-order valence-corrected chi connectivity index (χ2v) is 13.3. The van der Waals surface area contributed by atoms with Crippen LogP contribution in [0.15, 0.2) is 72.4 Å². The molecule has 0 heterocycles. The first-order valence-electron chi connectivity index (χ1n) is 14.6. The van der Waals surface area contributed by atoms with Crippen molar-refractivity contribution in [3.63, 3.8) is 0 Å². The van der Waals surface area contributed by atoms with Crippen LogP contribution in [0.3, 0.4) is 0 Å². The Morgan fingerprint density at radius 3 is 2.41 bits per heavy atom. The van der Waals surface area contributed by atoms with E-state index in [0.29, 0.717) is 11.8 Å².